The van der Waals surface area contributed by atoms with Crippen molar-refractivity contribution in [3.63, 3.8) is 0 Å². The molecule has 0 aliphatic carbocycles. The Bertz CT molecular complexity index is 647. The highest BCUT2D eigenvalue weighted by Gasteiger charge is 2.39. The van der Waals surface area contributed by atoms with E-state index in [1.807, 2.05) is 17.2 Å². The number of piperidine rings is 1. The third kappa shape index (κ3) is 3.75. The van der Waals surface area contributed by atoms with E-state index in [9.17, 15) is 9.59 Å². The molecular formula is C18H25N5O3. The molecule has 4 rings (SSSR count). The molecule has 3 amide bonds. The number of urea groups is 1. The van der Waals surface area contributed by atoms with Crippen molar-refractivity contribution in [1.82, 2.24) is 25.0 Å². The Balaban J connectivity index is 1.22. The van der Waals surface area contributed by atoms with Crippen LogP contribution in [0.15, 0.2) is 24.5 Å². The van der Waals surface area contributed by atoms with Crippen LogP contribution in [-0.2, 0) is 11.3 Å². The number of fused-ring (bicyclic) bond motifs is 1. The maximum absolute atomic E-state index is 12.6. The molecule has 1 atom stereocenters. The number of carbonyl (C=O) groups excluding carboxylic acids is 2. The number of piperazine rings is 1. The van der Waals surface area contributed by atoms with Crippen molar-refractivity contribution in [3.05, 3.63) is 30.1 Å². The lowest BCUT2D eigenvalue weighted by Gasteiger charge is -2.37. The lowest BCUT2D eigenvalue weighted by Crippen LogP contribution is -2.57. The van der Waals surface area contributed by atoms with Gasteiger partial charge in [0.1, 0.15) is 6.61 Å². The number of hydrogen-bond donors (Lipinski definition) is 1. The molecule has 1 aromatic heterocycles. The van der Waals surface area contributed by atoms with Crippen LogP contribution in [0, 0.1) is 0 Å². The Kier molecular flexibility index (Phi) is 4.92. The van der Waals surface area contributed by atoms with Crippen molar-refractivity contribution < 1.29 is 14.3 Å². The van der Waals surface area contributed by atoms with Crippen LogP contribution in [0.1, 0.15) is 18.4 Å². The van der Waals surface area contributed by atoms with Crippen molar-refractivity contribution in [2.24, 2.45) is 0 Å². The lowest BCUT2D eigenvalue weighted by atomic mass is 10.0. The number of amides is 3. The second-order valence-corrected chi connectivity index (χ2v) is 7.23. The van der Waals surface area contributed by atoms with Gasteiger partial charge in [0.05, 0.1) is 6.04 Å². The van der Waals surface area contributed by atoms with E-state index in [0.29, 0.717) is 26.2 Å². The summed E-state index contributed by atoms with van der Waals surface area (Å²) < 4.78 is 5.06. The first-order valence-corrected chi connectivity index (χ1v) is 9.29. The molecule has 0 radical (unpaired) electrons. The molecule has 8 nitrogen and oxygen atoms in total. The largest absolute Gasteiger partial charge is 0.447 e. The fraction of sp³-hybridized carbons (Fsp3) is 0.611. The minimum atomic E-state index is -0.254. The van der Waals surface area contributed by atoms with E-state index < -0.39 is 0 Å². The highest BCUT2D eigenvalue weighted by molar-refractivity contribution is 5.76. The SMILES string of the molecule is O=C(NC1CCN(Cc2cccnc2)CC1)N1CCN2C(=O)OCC2C1. The maximum Gasteiger partial charge on any atom is 0.410 e. The first-order valence-electron chi connectivity index (χ1n) is 9.29. The number of carbonyl (C=O) groups is 2. The van der Waals surface area contributed by atoms with E-state index in [1.165, 1.54) is 5.56 Å². The van der Waals surface area contributed by atoms with Crippen molar-refractivity contribution in [1.29, 1.82) is 0 Å². The van der Waals surface area contributed by atoms with Crippen LogP contribution < -0.4 is 5.32 Å². The van der Waals surface area contributed by atoms with Crippen molar-refractivity contribution in [3.8, 4) is 0 Å². The van der Waals surface area contributed by atoms with Crippen molar-refractivity contribution in [2.45, 2.75) is 31.5 Å². The van der Waals surface area contributed by atoms with Crippen LogP contribution in [0.3, 0.4) is 0 Å². The molecule has 1 N–H and O–H groups in total. The predicted octanol–water partition coefficient (Wildman–Crippen LogP) is 0.892. The molecule has 8 heteroatoms. The average molecular weight is 359 g/mol. The summed E-state index contributed by atoms with van der Waals surface area (Å²) in [5, 5.41) is 3.17. The molecule has 3 aliphatic rings. The third-order valence-corrected chi connectivity index (χ3v) is 5.45. The van der Waals surface area contributed by atoms with E-state index in [1.54, 1.807) is 11.1 Å². The van der Waals surface area contributed by atoms with Crippen molar-refractivity contribution in [2.75, 3.05) is 39.3 Å². The van der Waals surface area contributed by atoms with Gasteiger partial charge in [-0.25, -0.2) is 9.59 Å². The molecule has 0 saturated carbocycles. The van der Waals surface area contributed by atoms with Crippen LogP contribution in [0.4, 0.5) is 9.59 Å². The number of ether oxygens (including phenoxy) is 1. The van der Waals surface area contributed by atoms with Crippen molar-refractivity contribution >= 4 is 12.1 Å². The number of aromatic nitrogens is 1. The molecular weight excluding hydrogens is 334 g/mol. The van der Waals surface area contributed by atoms with E-state index in [4.69, 9.17) is 4.74 Å². The molecule has 26 heavy (non-hydrogen) atoms. The van der Waals surface area contributed by atoms with Gasteiger partial charge in [-0.3, -0.25) is 14.8 Å². The standard InChI is InChI=1S/C18H25N5O3/c24-17(22-8-9-23-16(12-22)13-26-18(23)25)20-15-3-6-21(7-4-15)11-14-2-1-5-19-10-14/h1-2,5,10,15-16H,3-4,6-9,11-13H2,(H,20,24). The molecule has 0 aromatic carbocycles. The summed E-state index contributed by atoms with van der Waals surface area (Å²) in [6, 6.07) is 4.26. The topological polar surface area (TPSA) is 78.0 Å². The van der Waals surface area contributed by atoms with Gasteiger partial charge in [-0.15, -0.1) is 0 Å². The van der Waals surface area contributed by atoms with Crippen LogP contribution in [0.25, 0.3) is 0 Å². The number of nitrogens with one attached hydrogen (secondary N) is 1. The van der Waals surface area contributed by atoms with E-state index in [-0.39, 0.29) is 24.2 Å². The van der Waals surface area contributed by atoms with Gasteiger partial charge < -0.3 is 15.0 Å². The Morgan fingerprint density at radius 3 is 2.88 bits per heavy atom. The quantitative estimate of drug-likeness (QED) is 0.867. The summed E-state index contributed by atoms with van der Waals surface area (Å²) in [7, 11) is 0. The second-order valence-electron chi connectivity index (χ2n) is 7.23. The number of cyclic esters (lactones) is 1. The molecule has 3 aliphatic heterocycles. The monoisotopic (exact) mass is 359 g/mol. The molecule has 4 heterocycles. The Morgan fingerprint density at radius 2 is 2.12 bits per heavy atom. The van der Waals surface area contributed by atoms with Gasteiger partial charge in [-0.05, 0) is 24.5 Å². The summed E-state index contributed by atoms with van der Waals surface area (Å²) in [5.74, 6) is 0. The molecule has 0 spiro atoms. The fourth-order valence-corrected chi connectivity index (χ4v) is 3.92. The zero-order valence-electron chi connectivity index (χ0n) is 14.8. The maximum atomic E-state index is 12.6. The zero-order valence-corrected chi connectivity index (χ0v) is 14.8. The van der Waals surface area contributed by atoms with E-state index in [0.717, 1.165) is 32.5 Å². The highest BCUT2D eigenvalue weighted by Crippen LogP contribution is 2.19. The van der Waals surface area contributed by atoms with Crippen LogP contribution in [0.5, 0.6) is 0 Å². The molecule has 1 unspecified atom stereocenters. The van der Waals surface area contributed by atoms with Gasteiger partial charge in [0, 0.05) is 57.7 Å². The number of pyridine rings is 1. The molecule has 3 fully saturated rings. The minimum Gasteiger partial charge on any atom is -0.447 e. The van der Waals surface area contributed by atoms with Crippen LogP contribution >= 0.6 is 0 Å². The summed E-state index contributed by atoms with van der Waals surface area (Å²) in [4.78, 5) is 34.2. The minimum absolute atomic E-state index is 0.00308. The van der Waals surface area contributed by atoms with Gasteiger partial charge in [0.25, 0.3) is 0 Å². The number of likely N-dealkylation sites (tertiary alicyclic amines) is 1. The number of hydrogen-bond acceptors (Lipinski definition) is 5. The van der Waals surface area contributed by atoms with Gasteiger partial charge >= 0.3 is 12.1 Å². The molecule has 3 saturated heterocycles. The summed E-state index contributed by atoms with van der Waals surface area (Å²) in [6.07, 6.45) is 5.36. The zero-order chi connectivity index (χ0) is 17.9. The van der Waals surface area contributed by atoms with Crippen LogP contribution in [-0.4, -0.2) is 83.2 Å². The molecule has 0 bridgehead atoms. The first kappa shape index (κ1) is 17.1. The predicted molar refractivity (Wildman–Crippen MR) is 94.5 cm³/mol. The van der Waals surface area contributed by atoms with E-state index >= 15 is 0 Å². The van der Waals surface area contributed by atoms with Crippen LogP contribution in [0.2, 0.25) is 0 Å². The normalized spacial score (nSPS) is 24.3. The lowest BCUT2D eigenvalue weighted by molar-refractivity contribution is 0.121. The Morgan fingerprint density at radius 1 is 1.27 bits per heavy atom. The van der Waals surface area contributed by atoms with Gasteiger partial charge in [-0.1, -0.05) is 6.07 Å². The smallest absolute Gasteiger partial charge is 0.410 e. The summed E-state index contributed by atoms with van der Waals surface area (Å²) in [5.41, 5.74) is 1.22. The Labute approximate surface area is 153 Å². The number of rotatable bonds is 3. The molecule has 140 valence electrons. The summed E-state index contributed by atoms with van der Waals surface area (Å²) in [6.45, 7) is 4.91. The van der Waals surface area contributed by atoms with Gasteiger partial charge in [0.15, 0.2) is 0 Å². The van der Waals surface area contributed by atoms with Gasteiger partial charge in [-0.2, -0.15) is 0 Å². The fourth-order valence-electron chi connectivity index (χ4n) is 3.92. The first-order chi connectivity index (χ1) is 12.7. The Hall–Kier alpha value is -2.35. The van der Waals surface area contributed by atoms with Gasteiger partial charge in [0.2, 0.25) is 0 Å². The highest BCUT2D eigenvalue weighted by atomic mass is 16.6. The van der Waals surface area contributed by atoms with E-state index in [2.05, 4.69) is 21.3 Å². The average Bonchev–Trinajstić information content (AvgIpc) is 3.04. The molecule has 1 aromatic rings. The second kappa shape index (κ2) is 7.49. The number of nitrogens with zero attached hydrogens (tertiary/aromatic N) is 4. The third-order valence-electron chi connectivity index (χ3n) is 5.45. The summed E-state index contributed by atoms with van der Waals surface area (Å²) >= 11 is 0.